The minimum atomic E-state index is 0.969. The molecule has 0 radical (unpaired) electrons. The van der Waals surface area contributed by atoms with Gasteiger partial charge >= 0.3 is 0 Å². The molecule has 128 valence electrons. The number of aromatic amines is 1. The minimum Gasteiger partial charge on any atom is -0.389 e. The zero-order valence-corrected chi connectivity index (χ0v) is 15.1. The van der Waals surface area contributed by atoms with Crippen LogP contribution in [0.25, 0.3) is 10.9 Å². The van der Waals surface area contributed by atoms with E-state index in [2.05, 4.69) is 82.2 Å². The van der Waals surface area contributed by atoms with Crippen LogP contribution in [0.1, 0.15) is 12.8 Å². The van der Waals surface area contributed by atoms with Crippen LogP contribution < -0.4 is 10.2 Å². The predicted molar refractivity (Wildman–Crippen MR) is 108 cm³/mol. The maximum Gasteiger partial charge on any atom is 0.0465 e. The third-order valence-corrected chi connectivity index (χ3v) is 5.61. The molecular weight excluding hydrogens is 326 g/mol. The third-order valence-electron chi connectivity index (χ3n) is 4.55. The van der Waals surface area contributed by atoms with Crippen molar-refractivity contribution in [3.05, 3.63) is 72.7 Å². The molecule has 2 N–H and O–H groups in total. The molecule has 0 atom stereocenters. The highest BCUT2D eigenvalue weighted by atomic mass is 32.2. The summed E-state index contributed by atoms with van der Waals surface area (Å²) in [6.45, 7) is 2.08. The summed E-state index contributed by atoms with van der Waals surface area (Å²) in [5, 5.41) is 4.82. The number of thioether (sulfide) groups is 1. The molecule has 2 heterocycles. The van der Waals surface area contributed by atoms with Gasteiger partial charge in [0.1, 0.15) is 0 Å². The molecule has 3 nitrogen and oxygen atoms in total. The van der Waals surface area contributed by atoms with Crippen LogP contribution in [0.3, 0.4) is 0 Å². The van der Waals surface area contributed by atoms with Gasteiger partial charge in [-0.1, -0.05) is 36.4 Å². The number of nitrogens with zero attached hydrogens (tertiary/aromatic N) is 1. The molecule has 1 fully saturated rings. The van der Waals surface area contributed by atoms with Crippen LogP contribution in [-0.4, -0.2) is 23.8 Å². The van der Waals surface area contributed by atoms with E-state index in [-0.39, 0.29) is 0 Å². The van der Waals surface area contributed by atoms with Crippen molar-refractivity contribution < 1.29 is 0 Å². The molecule has 0 unspecified atom stereocenters. The van der Waals surface area contributed by atoms with Gasteiger partial charge < -0.3 is 15.2 Å². The molecule has 0 amide bonds. The maximum absolute atomic E-state index is 3.50. The van der Waals surface area contributed by atoms with Gasteiger partial charge in [-0.05, 0) is 31.0 Å². The van der Waals surface area contributed by atoms with Crippen LogP contribution in [0.5, 0.6) is 0 Å². The number of nitrogens with one attached hydrogen (secondary N) is 2. The summed E-state index contributed by atoms with van der Waals surface area (Å²) in [5.74, 6) is 1.05. The summed E-state index contributed by atoms with van der Waals surface area (Å²) in [4.78, 5) is 7.08. The molecule has 3 aromatic rings. The molecule has 1 aliphatic rings. The van der Waals surface area contributed by atoms with E-state index < -0.39 is 0 Å². The van der Waals surface area contributed by atoms with E-state index in [1.54, 1.807) is 0 Å². The predicted octanol–water partition coefficient (Wildman–Crippen LogP) is 4.99. The lowest BCUT2D eigenvalue weighted by atomic mass is 10.2. The van der Waals surface area contributed by atoms with Crippen molar-refractivity contribution in [3.8, 4) is 0 Å². The number of aromatic nitrogens is 1. The van der Waals surface area contributed by atoms with Crippen molar-refractivity contribution in [1.82, 2.24) is 10.3 Å². The molecular formula is C21H23N3S. The van der Waals surface area contributed by atoms with Crippen molar-refractivity contribution in [3.63, 3.8) is 0 Å². The molecule has 2 aromatic carbocycles. The second-order valence-electron chi connectivity index (χ2n) is 6.23. The Morgan fingerprint density at radius 3 is 2.84 bits per heavy atom. The first-order chi connectivity index (χ1) is 12.4. The second-order valence-corrected chi connectivity index (χ2v) is 7.36. The van der Waals surface area contributed by atoms with Crippen LogP contribution in [0.4, 0.5) is 5.69 Å². The standard InChI is InChI=1S/C21H23N3S/c1-2-7-17(8-3-1)24-13-6-9-18(24)15-22-12-14-25-21-16-23-20-11-5-4-10-19(20)21/h1-5,7-8,10-11,15-16,22-23H,6,9,12-14H2/b18-15+. The SMILES string of the molecule is C(/NCCSc1c[nH]c2ccccc12)=C1/CCCN1c1ccccc1. The summed E-state index contributed by atoms with van der Waals surface area (Å²) in [6.07, 6.45) is 6.70. The minimum absolute atomic E-state index is 0.969. The smallest absolute Gasteiger partial charge is 0.0465 e. The van der Waals surface area contributed by atoms with Gasteiger partial charge in [-0.15, -0.1) is 11.8 Å². The van der Waals surface area contributed by atoms with Gasteiger partial charge in [0.25, 0.3) is 0 Å². The van der Waals surface area contributed by atoms with E-state index in [1.807, 2.05) is 11.8 Å². The Labute approximate surface area is 153 Å². The Morgan fingerprint density at radius 2 is 1.92 bits per heavy atom. The number of fused-ring (bicyclic) bond motifs is 1. The van der Waals surface area contributed by atoms with Gasteiger partial charge in [-0.2, -0.15) is 0 Å². The highest BCUT2D eigenvalue weighted by Crippen LogP contribution is 2.28. The van der Waals surface area contributed by atoms with Crippen molar-refractivity contribution in [2.75, 3.05) is 23.7 Å². The van der Waals surface area contributed by atoms with Crippen LogP contribution in [-0.2, 0) is 0 Å². The number of rotatable bonds is 6. The molecule has 4 rings (SSSR count). The Hall–Kier alpha value is -2.33. The maximum atomic E-state index is 3.50. The Kier molecular flexibility index (Phi) is 4.98. The Morgan fingerprint density at radius 1 is 1.08 bits per heavy atom. The van der Waals surface area contributed by atoms with Crippen LogP contribution in [0.15, 0.2) is 77.6 Å². The van der Waals surface area contributed by atoms with Crippen LogP contribution in [0, 0.1) is 0 Å². The van der Waals surface area contributed by atoms with Crippen molar-refractivity contribution in [2.24, 2.45) is 0 Å². The van der Waals surface area contributed by atoms with Crippen LogP contribution >= 0.6 is 11.8 Å². The highest BCUT2D eigenvalue weighted by molar-refractivity contribution is 7.99. The van der Waals surface area contributed by atoms with Crippen LogP contribution in [0.2, 0.25) is 0 Å². The molecule has 0 bridgehead atoms. The number of hydrogen-bond donors (Lipinski definition) is 2. The van der Waals surface area contributed by atoms with Crippen molar-refractivity contribution in [2.45, 2.75) is 17.7 Å². The number of hydrogen-bond acceptors (Lipinski definition) is 3. The average molecular weight is 350 g/mol. The zero-order valence-electron chi connectivity index (χ0n) is 14.2. The molecule has 1 saturated heterocycles. The third kappa shape index (κ3) is 3.69. The fourth-order valence-corrected chi connectivity index (χ4v) is 4.24. The summed E-state index contributed by atoms with van der Waals surface area (Å²) in [5.41, 5.74) is 3.90. The van der Waals surface area contributed by atoms with Crippen molar-refractivity contribution >= 4 is 28.4 Å². The van der Waals surface area contributed by atoms with Crippen molar-refractivity contribution in [1.29, 1.82) is 0 Å². The first-order valence-corrected chi connectivity index (χ1v) is 9.84. The lowest BCUT2D eigenvalue weighted by Gasteiger charge is -2.20. The van der Waals surface area contributed by atoms with Gasteiger partial charge in [0.15, 0.2) is 0 Å². The van der Waals surface area contributed by atoms with Gasteiger partial charge in [-0.25, -0.2) is 0 Å². The molecule has 0 saturated carbocycles. The molecule has 25 heavy (non-hydrogen) atoms. The second kappa shape index (κ2) is 7.70. The Bertz CT molecular complexity index is 854. The first kappa shape index (κ1) is 16.2. The normalized spacial score (nSPS) is 16.0. The lowest BCUT2D eigenvalue weighted by molar-refractivity contribution is 0.900. The van der Waals surface area contributed by atoms with E-state index in [0.29, 0.717) is 0 Å². The summed E-state index contributed by atoms with van der Waals surface area (Å²) >= 11 is 1.90. The molecule has 0 spiro atoms. The molecule has 4 heteroatoms. The van der Waals surface area contributed by atoms with E-state index in [4.69, 9.17) is 0 Å². The zero-order chi connectivity index (χ0) is 16.9. The first-order valence-electron chi connectivity index (χ1n) is 8.86. The fraction of sp³-hybridized carbons (Fsp3) is 0.238. The number of anilines is 1. The fourth-order valence-electron chi connectivity index (χ4n) is 3.32. The van der Waals surface area contributed by atoms with E-state index >= 15 is 0 Å². The van der Waals surface area contributed by atoms with Gasteiger partial charge in [0, 0.05) is 58.4 Å². The molecule has 0 aliphatic carbocycles. The van der Waals surface area contributed by atoms with E-state index in [0.717, 1.165) is 25.3 Å². The van der Waals surface area contributed by atoms with Gasteiger partial charge in [0.2, 0.25) is 0 Å². The summed E-state index contributed by atoms with van der Waals surface area (Å²) < 4.78 is 0. The topological polar surface area (TPSA) is 31.1 Å². The van der Waals surface area contributed by atoms with E-state index in [9.17, 15) is 0 Å². The number of H-pyrrole nitrogens is 1. The highest BCUT2D eigenvalue weighted by Gasteiger charge is 2.17. The summed E-state index contributed by atoms with van der Waals surface area (Å²) in [6, 6.07) is 19.1. The Balaban J connectivity index is 1.31. The average Bonchev–Trinajstić information content (AvgIpc) is 3.29. The molecule has 1 aliphatic heterocycles. The lowest BCUT2D eigenvalue weighted by Crippen LogP contribution is -2.19. The molecule has 1 aromatic heterocycles. The number of allylic oxidation sites excluding steroid dienone is 1. The van der Waals surface area contributed by atoms with Gasteiger partial charge in [-0.3, -0.25) is 0 Å². The number of benzene rings is 2. The monoisotopic (exact) mass is 349 g/mol. The van der Waals surface area contributed by atoms with E-state index in [1.165, 1.54) is 33.6 Å². The number of para-hydroxylation sites is 2. The van der Waals surface area contributed by atoms with Gasteiger partial charge in [0.05, 0.1) is 0 Å². The quantitative estimate of drug-likeness (QED) is 0.485. The largest absolute Gasteiger partial charge is 0.389 e. The summed E-state index contributed by atoms with van der Waals surface area (Å²) in [7, 11) is 0.